The highest BCUT2D eigenvalue weighted by Crippen LogP contribution is 2.49. The van der Waals surface area contributed by atoms with Crippen LogP contribution in [-0.4, -0.2) is 44.3 Å². The molecule has 5 unspecified atom stereocenters. The predicted octanol–water partition coefficient (Wildman–Crippen LogP) is 5.63. The molecule has 0 saturated heterocycles. The van der Waals surface area contributed by atoms with Crippen molar-refractivity contribution >= 4 is 40.5 Å². The van der Waals surface area contributed by atoms with Crippen molar-refractivity contribution in [3.05, 3.63) is 28.7 Å². The maximum absolute atomic E-state index is 11.2. The average Bonchev–Trinajstić information content (AvgIpc) is 3.64. The summed E-state index contributed by atoms with van der Waals surface area (Å²) in [6, 6.07) is 9.39. The fraction of sp³-hybridized carbons (Fsp3) is 0.704. The first-order valence-electron chi connectivity index (χ1n) is 12.5. The molecule has 34 heavy (non-hydrogen) atoms. The highest BCUT2D eigenvalue weighted by Gasteiger charge is 2.44. The molecule has 5 atom stereocenters. The van der Waals surface area contributed by atoms with E-state index in [-0.39, 0.29) is 5.41 Å². The Morgan fingerprint density at radius 1 is 1.09 bits per heavy atom. The molecular weight excluding hydrogens is 510 g/mol. The largest absolute Gasteiger partial charge is 0.317 e. The second kappa shape index (κ2) is 13.5. The molecule has 3 aliphatic carbocycles. The summed E-state index contributed by atoms with van der Waals surface area (Å²) in [5.74, 6) is 2.28. The zero-order valence-corrected chi connectivity index (χ0v) is 24.1. The third-order valence-electron chi connectivity index (χ3n) is 7.10. The first kappa shape index (κ1) is 29.5. The fourth-order valence-electron chi connectivity index (χ4n) is 5.25. The van der Waals surface area contributed by atoms with Crippen LogP contribution in [0.2, 0.25) is 0 Å². The molecule has 0 aliphatic heterocycles. The van der Waals surface area contributed by atoms with Crippen LogP contribution in [0.25, 0.3) is 0 Å². The summed E-state index contributed by atoms with van der Waals surface area (Å²) in [5.41, 5.74) is -0.539. The van der Waals surface area contributed by atoms with Gasteiger partial charge in [-0.1, -0.05) is 26.0 Å². The zero-order valence-electron chi connectivity index (χ0n) is 21.7. The van der Waals surface area contributed by atoms with E-state index in [0.717, 1.165) is 46.4 Å². The van der Waals surface area contributed by atoms with Crippen molar-refractivity contribution in [2.24, 2.45) is 23.2 Å². The van der Waals surface area contributed by atoms with Crippen LogP contribution >= 0.6 is 27.9 Å². The number of hydrogen-bond donors (Lipinski definition) is 3. The maximum atomic E-state index is 11.2. The van der Waals surface area contributed by atoms with Crippen LogP contribution in [0.1, 0.15) is 66.2 Å². The number of rotatable bonds is 7. The number of carbonyl (C=O) groups is 2. The molecule has 3 fully saturated rings. The molecule has 1 aromatic carbocycles. The van der Waals surface area contributed by atoms with Gasteiger partial charge in [0, 0.05) is 26.9 Å². The molecule has 0 heterocycles. The Kier molecular flexibility index (Phi) is 11.8. The molecule has 3 aliphatic rings. The van der Waals surface area contributed by atoms with Gasteiger partial charge in [0.05, 0.1) is 5.54 Å². The zero-order chi connectivity index (χ0) is 25.4. The number of carbonyl (C=O) groups excluding carboxylic acids is 2. The number of benzene rings is 1. The Bertz CT molecular complexity index is 787. The predicted molar refractivity (Wildman–Crippen MR) is 147 cm³/mol. The van der Waals surface area contributed by atoms with E-state index in [2.05, 4.69) is 52.2 Å². The molecule has 1 aromatic rings. The molecule has 3 saturated carbocycles. The highest BCUT2D eigenvalue weighted by molar-refractivity contribution is 9.10. The maximum Gasteiger partial charge on any atom is 0.140 e. The molecule has 4 rings (SSSR count). The van der Waals surface area contributed by atoms with Gasteiger partial charge < -0.3 is 20.2 Å². The smallest absolute Gasteiger partial charge is 0.140 e. The minimum absolute atomic E-state index is 0.0389. The van der Waals surface area contributed by atoms with E-state index in [1.54, 1.807) is 0 Å². The van der Waals surface area contributed by atoms with Gasteiger partial charge in [-0.25, -0.2) is 4.72 Å². The van der Waals surface area contributed by atoms with Gasteiger partial charge in [0.15, 0.2) is 0 Å². The lowest BCUT2D eigenvalue weighted by Crippen LogP contribution is -2.50. The Labute approximate surface area is 219 Å². The Morgan fingerprint density at radius 2 is 1.76 bits per heavy atom. The lowest BCUT2D eigenvalue weighted by molar-refractivity contribution is -0.120. The van der Waals surface area contributed by atoms with Crippen LogP contribution in [0, 0.1) is 23.2 Å². The number of nitrogens with one attached hydrogen (secondary N) is 3. The molecule has 5 nitrogen and oxygen atoms in total. The second-order valence-corrected chi connectivity index (χ2v) is 12.8. The third-order valence-corrected chi connectivity index (χ3v) is 9.26. The SMILES string of the molecule is CC(C)(C=O)NSc1ccccc1Br.CNC1C(C)CC2CC1CC(C)(C=O)C2.CNC1CC1. The van der Waals surface area contributed by atoms with Gasteiger partial charge in [-0.05, 0) is 124 Å². The molecule has 0 radical (unpaired) electrons. The lowest BCUT2D eigenvalue weighted by Gasteiger charge is -2.49. The summed E-state index contributed by atoms with van der Waals surface area (Å²) in [6.07, 6.45) is 9.74. The fourth-order valence-corrected chi connectivity index (χ4v) is 6.51. The van der Waals surface area contributed by atoms with E-state index in [1.807, 2.05) is 45.2 Å². The molecule has 0 spiro atoms. The normalized spacial score (nSPS) is 30.2. The summed E-state index contributed by atoms with van der Waals surface area (Å²) < 4.78 is 4.11. The number of aldehydes is 2. The standard InChI is InChI=1S/C13H23NO.C10H12BrNOS.C4H9N/c1-9-4-10-5-11(12(9)14-3)7-13(2,6-10)8-15;1-10(2,7-13)12-14-9-6-4-3-5-8(9)11;1-5-4-2-3-4/h8-12,14H,4-7H2,1-3H3;3-7,12H,1-2H3;4-5H,2-3H2,1H3. The van der Waals surface area contributed by atoms with Crippen LogP contribution in [0.3, 0.4) is 0 Å². The molecule has 3 N–H and O–H groups in total. The lowest BCUT2D eigenvalue weighted by atomic mass is 9.58. The Balaban J connectivity index is 0.000000200. The Morgan fingerprint density at radius 3 is 2.26 bits per heavy atom. The van der Waals surface area contributed by atoms with E-state index in [9.17, 15) is 9.59 Å². The summed E-state index contributed by atoms with van der Waals surface area (Å²) in [5, 5.41) is 6.59. The third kappa shape index (κ3) is 9.38. The van der Waals surface area contributed by atoms with Crippen molar-refractivity contribution < 1.29 is 9.59 Å². The van der Waals surface area contributed by atoms with Crippen LogP contribution in [0.15, 0.2) is 33.6 Å². The molecule has 7 heteroatoms. The molecule has 192 valence electrons. The molecule has 2 bridgehead atoms. The first-order chi connectivity index (χ1) is 16.1. The van der Waals surface area contributed by atoms with Crippen molar-refractivity contribution in [3.63, 3.8) is 0 Å². The van der Waals surface area contributed by atoms with Gasteiger partial charge in [-0.3, -0.25) is 0 Å². The number of hydrogen-bond acceptors (Lipinski definition) is 6. The summed E-state index contributed by atoms with van der Waals surface area (Å²) in [7, 11) is 4.08. The Hall–Kier alpha value is -0.730. The van der Waals surface area contributed by atoms with E-state index >= 15 is 0 Å². The first-order valence-corrected chi connectivity index (χ1v) is 14.1. The van der Waals surface area contributed by atoms with Crippen LogP contribution < -0.4 is 15.4 Å². The summed E-state index contributed by atoms with van der Waals surface area (Å²) in [4.78, 5) is 22.9. The average molecular weight is 555 g/mol. The van der Waals surface area contributed by atoms with Crippen molar-refractivity contribution in [2.45, 2.75) is 88.7 Å². The van der Waals surface area contributed by atoms with Crippen LogP contribution in [-0.2, 0) is 9.59 Å². The van der Waals surface area contributed by atoms with E-state index in [1.165, 1.54) is 43.9 Å². The highest BCUT2D eigenvalue weighted by atomic mass is 79.9. The van der Waals surface area contributed by atoms with E-state index < -0.39 is 5.54 Å². The van der Waals surface area contributed by atoms with Crippen LogP contribution in [0.4, 0.5) is 0 Å². The van der Waals surface area contributed by atoms with Crippen molar-refractivity contribution in [3.8, 4) is 0 Å². The second-order valence-electron chi connectivity index (χ2n) is 11.1. The quantitative estimate of drug-likeness (QED) is 0.300. The van der Waals surface area contributed by atoms with Gasteiger partial charge in [-0.15, -0.1) is 0 Å². The number of fused-ring (bicyclic) bond motifs is 2. The van der Waals surface area contributed by atoms with Gasteiger partial charge in [0.2, 0.25) is 0 Å². The molecule has 0 amide bonds. The van der Waals surface area contributed by atoms with Gasteiger partial charge >= 0.3 is 0 Å². The molecule has 0 aromatic heterocycles. The van der Waals surface area contributed by atoms with Gasteiger partial charge in [0.25, 0.3) is 0 Å². The van der Waals surface area contributed by atoms with Crippen molar-refractivity contribution in [1.82, 2.24) is 15.4 Å². The summed E-state index contributed by atoms with van der Waals surface area (Å²) >= 11 is 4.89. The minimum atomic E-state index is -0.500. The number of halogens is 1. The van der Waals surface area contributed by atoms with E-state index in [0.29, 0.717) is 12.0 Å². The van der Waals surface area contributed by atoms with Gasteiger partial charge in [0.1, 0.15) is 12.6 Å². The molecular formula is C27H44BrN3O2S. The monoisotopic (exact) mass is 553 g/mol. The van der Waals surface area contributed by atoms with Crippen LogP contribution in [0.5, 0.6) is 0 Å². The van der Waals surface area contributed by atoms with Gasteiger partial charge in [-0.2, -0.15) is 0 Å². The summed E-state index contributed by atoms with van der Waals surface area (Å²) in [6.45, 7) is 8.17. The topological polar surface area (TPSA) is 70.2 Å². The van der Waals surface area contributed by atoms with Crippen molar-refractivity contribution in [1.29, 1.82) is 0 Å². The van der Waals surface area contributed by atoms with E-state index in [4.69, 9.17) is 0 Å². The van der Waals surface area contributed by atoms with Crippen molar-refractivity contribution in [2.75, 3.05) is 14.1 Å². The minimum Gasteiger partial charge on any atom is -0.317 e.